The fraction of sp³-hybridized carbons (Fsp3) is 0.478. The molecular weight excluding hydrogens is 354 g/mol. The zero-order valence-electron chi connectivity index (χ0n) is 16.9. The summed E-state index contributed by atoms with van der Waals surface area (Å²) < 4.78 is 4.70. The number of aliphatic hydroxyl groups excluding tert-OH is 1. The molecule has 1 aromatic carbocycles. The zero-order chi connectivity index (χ0) is 20.5. The van der Waals surface area contributed by atoms with Gasteiger partial charge in [0.2, 0.25) is 5.91 Å². The molecule has 3 atom stereocenters. The van der Waals surface area contributed by atoms with Crippen molar-refractivity contribution in [3.05, 3.63) is 47.5 Å². The van der Waals surface area contributed by atoms with E-state index in [0.717, 1.165) is 12.0 Å². The van der Waals surface area contributed by atoms with E-state index in [9.17, 15) is 14.7 Å². The summed E-state index contributed by atoms with van der Waals surface area (Å²) in [5.41, 5.74) is 1.57. The Kier molecular flexibility index (Phi) is 8.28. The van der Waals surface area contributed by atoms with Crippen LogP contribution in [-0.2, 0) is 16.0 Å². The summed E-state index contributed by atoms with van der Waals surface area (Å²) in [5.74, 6) is 5.67. The van der Waals surface area contributed by atoms with Crippen LogP contribution in [0.2, 0.25) is 0 Å². The quantitative estimate of drug-likeness (QED) is 0.426. The molecule has 1 aliphatic rings. The maximum atomic E-state index is 12.3. The molecule has 150 valence electrons. The predicted molar refractivity (Wildman–Crippen MR) is 109 cm³/mol. The van der Waals surface area contributed by atoms with E-state index in [1.165, 1.54) is 7.11 Å². The number of ether oxygens (including phenoxy) is 1. The largest absolute Gasteiger partial charge is 0.465 e. The van der Waals surface area contributed by atoms with Crippen LogP contribution in [0.4, 0.5) is 0 Å². The van der Waals surface area contributed by atoms with Gasteiger partial charge >= 0.3 is 5.97 Å². The van der Waals surface area contributed by atoms with Gasteiger partial charge in [-0.2, -0.15) is 0 Å². The maximum absolute atomic E-state index is 12.3. The monoisotopic (exact) mass is 383 g/mol. The van der Waals surface area contributed by atoms with Gasteiger partial charge in [0.15, 0.2) is 0 Å². The summed E-state index contributed by atoms with van der Waals surface area (Å²) in [5, 5.41) is 10.3. The van der Waals surface area contributed by atoms with Gasteiger partial charge in [0, 0.05) is 19.4 Å². The molecule has 0 aromatic heterocycles. The predicted octanol–water partition coefficient (Wildman–Crippen LogP) is 2.97. The van der Waals surface area contributed by atoms with Crippen LogP contribution in [0.3, 0.4) is 0 Å². The van der Waals surface area contributed by atoms with E-state index in [1.807, 2.05) is 30.0 Å². The van der Waals surface area contributed by atoms with Crippen molar-refractivity contribution >= 4 is 11.9 Å². The molecule has 5 nitrogen and oxygen atoms in total. The Morgan fingerprint density at radius 2 is 2.11 bits per heavy atom. The summed E-state index contributed by atoms with van der Waals surface area (Å²) in [7, 11) is 1.36. The molecule has 1 amide bonds. The zero-order valence-corrected chi connectivity index (χ0v) is 16.9. The van der Waals surface area contributed by atoms with Crippen molar-refractivity contribution in [2.75, 3.05) is 13.7 Å². The third-order valence-electron chi connectivity index (χ3n) is 5.11. The van der Waals surface area contributed by atoms with Gasteiger partial charge in [0.1, 0.15) is 0 Å². The first-order valence-corrected chi connectivity index (χ1v) is 9.69. The van der Waals surface area contributed by atoms with Crippen molar-refractivity contribution < 1.29 is 19.4 Å². The summed E-state index contributed by atoms with van der Waals surface area (Å²) in [6.07, 6.45) is 5.84. The van der Waals surface area contributed by atoms with Gasteiger partial charge in [0.25, 0.3) is 0 Å². The molecule has 1 aliphatic heterocycles. The highest BCUT2D eigenvalue weighted by atomic mass is 16.5. The van der Waals surface area contributed by atoms with Crippen LogP contribution >= 0.6 is 0 Å². The molecule has 0 saturated carbocycles. The van der Waals surface area contributed by atoms with Gasteiger partial charge in [-0.3, -0.25) is 4.79 Å². The molecule has 1 aromatic rings. The minimum atomic E-state index is -0.565. The van der Waals surface area contributed by atoms with Crippen molar-refractivity contribution in [3.8, 4) is 11.8 Å². The lowest BCUT2D eigenvalue weighted by atomic mass is 10.00. The highest BCUT2D eigenvalue weighted by Gasteiger charge is 2.28. The highest BCUT2D eigenvalue weighted by Crippen LogP contribution is 2.21. The second-order valence-electron chi connectivity index (χ2n) is 7.12. The summed E-state index contributed by atoms with van der Waals surface area (Å²) in [6, 6.07) is 7.26. The fourth-order valence-electron chi connectivity index (χ4n) is 3.24. The molecule has 1 saturated heterocycles. The Labute approximate surface area is 167 Å². The molecule has 0 aliphatic carbocycles. The van der Waals surface area contributed by atoms with E-state index in [1.54, 1.807) is 25.1 Å². The van der Waals surface area contributed by atoms with E-state index < -0.39 is 6.10 Å². The van der Waals surface area contributed by atoms with E-state index >= 15 is 0 Å². The lowest BCUT2D eigenvalue weighted by Crippen LogP contribution is -2.34. The van der Waals surface area contributed by atoms with E-state index in [4.69, 9.17) is 4.74 Å². The summed E-state index contributed by atoms with van der Waals surface area (Å²) in [6.45, 7) is 4.37. The number of rotatable bonds is 8. The third kappa shape index (κ3) is 5.97. The van der Waals surface area contributed by atoms with Crippen LogP contribution in [0.5, 0.6) is 0 Å². The van der Waals surface area contributed by atoms with Crippen molar-refractivity contribution in [2.24, 2.45) is 5.92 Å². The number of esters is 1. The van der Waals surface area contributed by atoms with Crippen molar-refractivity contribution in [1.82, 2.24) is 4.90 Å². The molecule has 1 N–H and O–H groups in total. The number of benzene rings is 1. The standard InChI is InChI=1S/C23H29NO4/c1-4-5-6-17(2)21(25)13-11-20-12-14-22(26)24(20)16-15-18-7-9-19(10-8-18)23(27)28-3/h7-11,13,17,20-21,25H,6,12,14-16H2,1-3H3. The number of methoxy groups -OCH3 is 1. The van der Waals surface area contributed by atoms with Gasteiger partial charge in [-0.25, -0.2) is 4.79 Å². The van der Waals surface area contributed by atoms with Gasteiger partial charge < -0.3 is 14.7 Å². The van der Waals surface area contributed by atoms with Crippen LogP contribution in [0.25, 0.3) is 0 Å². The van der Waals surface area contributed by atoms with E-state index in [2.05, 4.69) is 11.8 Å². The van der Waals surface area contributed by atoms with Gasteiger partial charge in [-0.1, -0.05) is 31.2 Å². The second kappa shape index (κ2) is 10.7. The van der Waals surface area contributed by atoms with Crippen molar-refractivity contribution in [3.63, 3.8) is 0 Å². The number of likely N-dealkylation sites (tertiary alicyclic amines) is 1. The highest BCUT2D eigenvalue weighted by molar-refractivity contribution is 5.89. The third-order valence-corrected chi connectivity index (χ3v) is 5.11. The Balaban J connectivity index is 1.93. The van der Waals surface area contributed by atoms with E-state index in [-0.39, 0.29) is 23.8 Å². The lowest BCUT2D eigenvalue weighted by molar-refractivity contribution is -0.128. The molecule has 1 heterocycles. The van der Waals surface area contributed by atoms with Gasteiger partial charge in [-0.05, 0) is 43.4 Å². The van der Waals surface area contributed by atoms with Crippen LogP contribution in [0.15, 0.2) is 36.4 Å². The van der Waals surface area contributed by atoms with Crippen molar-refractivity contribution in [1.29, 1.82) is 0 Å². The average Bonchev–Trinajstić information content (AvgIpc) is 3.07. The molecule has 0 radical (unpaired) electrons. The molecule has 3 unspecified atom stereocenters. The Bertz CT molecular complexity index is 757. The minimum Gasteiger partial charge on any atom is -0.465 e. The Morgan fingerprint density at radius 3 is 2.75 bits per heavy atom. The molecule has 1 fully saturated rings. The number of aliphatic hydroxyl groups is 1. The van der Waals surface area contributed by atoms with E-state index in [0.29, 0.717) is 31.4 Å². The Morgan fingerprint density at radius 1 is 1.39 bits per heavy atom. The topological polar surface area (TPSA) is 66.8 Å². The van der Waals surface area contributed by atoms with Crippen LogP contribution in [0.1, 0.15) is 49.0 Å². The number of carbonyl (C=O) groups is 2. The first-order valence-electron chi connectivity index (χ1n) is 9.69. The first kappa shape index (κ1) is 21.7. The number of hydrogen-bond acceptors (Lipinski definition) is 4. The smallest absolute Gasteiger partial charge is 0.337 e. The number of carbonyl (C=O) groups excluding carboxylic acids is 2. The maximum Gasteiger partial charge on any atom is 0.337 e. The van der Waals surface area contributed by atoms with Crippen LogP contribution < -0.4 is 0 Å². The van der Waals surface area contributed by atoms with Gasteiger partial charge in [-0.15, -0.1) is 11.8 Å². The van der Waals surface area contributed by atoms with Gasteiger partial charge in [0.05, 0.1) is 24.8 Å². The molecular formula is C23H29NO4. The lowest BCUT2D eigenvalue weighted by Gasteiger charge is -2.23. The number of hydrogen-bond donors (Lipinski definition) is 1. The first-order chi connectivity index (χ1) is 13.5. The normalized spacial score (nSPS) is 18.6. The fourth-order valence-corrected chi connectivity index (χ4v) is 3.24. The SMILES string of the molecule is CC#CCC(C)C(O)C=CC1CCC(=O)N1CCc1ccc(C(=O)OC)cc1. The minimum absolute atomic E-state index is 0.0148. The molecule has 2 rings (SSSR count). The summed E-state index contributed by atoms with van der Waals surface area (Å²) >= 11 is 0. The second-order valence-corrected chi connectivity index (χ2v) is 7.12. The summed E-state index contributed by atoms with van der Waals surface area (Å²) in [4.78, 5) is 25.6. The molecule has 5 heteroatoms. The molecule has 28 heavy (non-hydrogen) atoms. The number of amides is 1. The van der Waals surface area contributed by atoms with Crippen molar-refractivity contribution in [2.45, 2.75) is 51.7 Å². The van der Waals surface area contributed by atoms with Crippen LogP contribution in [0, 0.1) is 17.8 Å². The molecule has 0 bridgehead atoms. The van der Waals surface area contributed by atoms with Crippen LogP contribution in [-0.4, -0.2) is 47.7 Å². The molecule has 0 spiro atoms. The average molecular weight is 383 g/mol. The Hall–Kier alpha value is -2.58. The number of nitrogens with zero attached hydrogens (tertiary/aromatic N) is 1.